The van der Waals surface area contributed by atoms with Crippen LogP contribution in [0.25, 0.3) is 16.7 Å². The van der Waals surface area contributed by atoms with Crippen LogP contribution in [0.1, 0.15) is 68.6 Å². The summed E-state index contributed by atoms with van der Waals surface area (Å²) in [6, 6.07) is 15.5. The van der Waals surface area contributed by atoms with Gasteiger partial charge in [0.2, 0.25) is 0 Å². The topological polar surface area (TPSA) is 44.8 Å². The van der Waals surface area contributed by atoms with Gasteiger partial charge in [-0.2, -0.15) is 0 Å². The van der Waals surface area contributed by atoms with Crippen LogP contribution in [0.5, 0.6) is 11.5 Å². The standard InChI is InChI=1S/C34H36F2O4/c1-34(2)14-6-9-29(34)27-15-21(16-31(36)33(27)28-18-24(38-3)12-13-30(28)35)20-40-25-8-5-7-23(17-25)26(22-10-11-22)19-32(37)39-4/h5,7-9,12-13,15-18,22,26H,6,10-11,14,19-20H2,1-4H3. The maximum atomic E-state index is 15.9. The van der Waals surface area contributed by atoms with E-state index in [1.54, 1.807) is 6.07 Å². The molecule has 0 heterocycles. The Labute approximate surface area is 235 Å². The summed E-state index contributed by atoms with van der Waals surface area (Å²) in [7, 11) is 2.92. The number of methoxy groups -OCH3 is 2. The van der Waals surface area contributed by atoms with Crippen LogP contribution in [-0.4, -0.2) is 20.2 Å². The lowest BCUT2D eigenvalue weighted by atomic mass is 9.79. The summed E-state index contributed by atoms with van der Waals surface area (Å²) in [4.78, 5) is 12.0. The predicted molar refractivity (Wildman–Crippen MR) is 152 cm³/mol. The van der Waals surface area contributed by atoms with Gasteiger partial charge in [-0.3, -0.25) is 4.79 Å². The molecule has 6 heteroatoms. The molecule has 1 atom stereocenters. The molecule has 0 aromatic heterocycles. The van der Waals surface area contributed by atoms with Gasteiger partial charge in [-0.15, -0.1) is 0 Å². The van der Waals surface area contributed by atoms with Crippen LogP contribution in [0.2, 0.25) is 0 Å². The molecule has 2 aliphatic rings. The van der Waals surface area contributed by atoms with Crippen LogP contribution in [0, 0.1) is 23.0 Å². The second-order valence-corrected chi connectivity index (χ2v) is 11.5. The maximum absolute atomic E-state index is 15.9. The van der Waals surface area contributed by atoms with Crippen molar-refractivity contribution in [3.8, 4) is 22.6 Å². The first-order valence-electron chi connectivity index (χ1n) is 13.9. The van der Waals surface area contributed by atoms with E-state index in [0.717, 1.165) is 36.8 Å². The first-order chi connectivity index (χ1) is 19.2. The highest BCUT2D eigenvalue weighted by Gasteiger charge is 2.34. The molecule has 0 spiro atoms. The van der Waals surface area contributed by atoms with Crippen molar-refractivity contribution in [1.82, 2.24) is 0 Å². The summed E-state index contributed by atoms with van der Waals surface area (Å²) < 4.78 is 47.4. The molecule has 3 aromatic carbocycles. The zero-order chi connectivity index (χ0) is 28.4. The summed E-state index contributed by atoms with van der Waals surface area (Å²) in [5.74, 6) is 0.446. The Bertz CT molecular complexity index is 1440. The summed E-state index contributed by atoms with van der Waals surface area (Å²) in [5.41, 5.74) is 3.60. The van der Waals surface area contributed by atoms with E-state index in [1.165, 1.54) is 32.4 Å². The number of benzene rings is 3. The van der Waals surface area contributed by atoms with Gasteiger partial charge in [-0.25, -0.2) is 8.78 Å². The van der Waals surface area contributed by atoms with Gasteiger partial charge >= 0.3 is 5.97 Å². The van der Waals surface area contributed by atoms with Gasteiger partial charge in [0.05, 0.1) is 20.6 Å². The minimum Gasteiger partial charge on any atom is -0.497 e. The van der Waals surface area contributed by atoms with E-state index < -0.39 is 11.6 Å². The summed E-state index contributed by atoms with van der Waals surface area (Å²) in [6.45, 7) is 4.41. The fourth-order valence-corrected chi connectivity index (χ4v) is 5.84. The van der Waals surface area contributed by atoms with Crippen LogP contribution in [0.4, 0.5) is 8.78 Å². The SMILES string of the molecule is COC(=O)CC(c1cccc(OCc2cc(F)c(-c3cc(OC)ccc3F)c(C3=CCCC3(C)C)c2)c1)C1CC1. The maximum Gasteiger partial charge on any atom is 0.306 e. The van der Waals surface area contributed by atoms with Gasteiger partial charge in [0.1, 0.15) is 29.7 Å². The van der Waals surface area contributed by atoms with E-state index in [0.29, 0.717) is 35.0 Å². The second-order valence-electron chi connectivity index (χ2n) is 11.5. The molecule has 0 amide bonds. The number of hydrogen-bond donors (Lipinski definition) is 0. The molecule has 0 N–H and O–H groups in total. The lowest BCUT2D eigenvalue weighted by Crippen LogP contribution is -2.12. The van der Waals surface area contributed by atoms with E-state index in [-0.39, 0.29) is 35.0 Å². The molecular formula is C34H36F2O4. The third kappa shape index (κ3) is 5.91. The van der Waals surface area contributed by atoms with Gasteiger partial charge in [-0.05, 0) is 108 Å². The van der Waals surface area contributed by atoms with Crippen molar-refractivity contribution >= 4 is 11.5 Å². The Morgan fingerprint density at radius 1 is 0.975 bits per heavy atom. The van der Waals surface area contributed by atoms with Gasteiger partial charge in [0.25, 0.3) is 0 Å². The molecule has 1 saturated carbocycles. The van der Waals surface area contributed by atoms with E-state index in [4.69, 9.17) is 14.2 Å². The molecule has 210 valence electrons. The summed E-state index contributed by atoms with van der Waals surface area (Å²) in [6.07, 6.45) is 6.48. The Hall–Kier alpha value is -3.67. The molecule has 4 nitrogen and oxygen atoms in total. The fraction of sp³-hybridized carbons (Fsp3) is 0.382. The van der Waals surface area contributed by atoms with Gasteiger partial charge < -0.3 is 14.2 Å². The van der Waals surface area contributed by atoms with Crippen LogP contribution >= 0.6 is 0 Å². The Morgan fingerprint density at radius 3 is 2.45 bits per heavy atom. The Morgan fingerprint density at radius 2 is 1.77 bits per heavy atom. The van der Waals surface area contributed by atoms with Crippen LogP contribution in [-0.2, 0) is 16.1 Å². The highest BCUT2D eigenvalue weighted by molar-refractivity contribution is 5.85. The average molecular weight is 547 g/mol. The van der Waals surface area contributed by atoms with Crippen LogP contribution in [0.3, 0.4) is 0 Å². The quantitative estimate of drug-likeness (QED) is 0.239. The highest BCUT2D eigenvalue weighted by Crippen LogP contribution is 2.48. The van der Waals surface area contributed by atoms with E-state index in [1.807, 2.05) is 30.3 Å². The van der Waals surface area contributed by atoms with Crippen molar-refractivity contribution in [3.63, 3.8) is 0 Å². The van der Waals surface area contributed by atoms with Crippen LogP contribution in [0.15, 0.2) is 60.7 Å². The molecular weight excluding hydrogens is 510 g/mol. The molecule has 2 aliphatic carbocycles. The molecule has 0 aliphatic heterocycles. The molecule has 0 saturated heterocycles. The Kier molecular flexibility index (Phi) is 7.97. The zero-order valence-electron chi connectivity index (χ0n) is 23.6. The van der Waals surface area contributed by atoms with Crippen molar-refractivity contribution in [3.05, 3.63) is 89.0 Å². The minimum absolute atomic E-state index is 0.0913. The van der Waals surface area contributed by atoms with Gasteiger partial charge in [-0.1, -0.05) is 32.1 Å². The largest absolute Gasteiger partial charge is 0.497 e. The normalized spacial score (nSPS) is 16.8. The number of carbonyl (C=O) groups is 1. The lowest BCUT2D eigenvalue weighted by Gasteiger charge is -2.26. The smallest absolute Gasteiger partial charge is 0.306 e. The third-order valence-electron chi connectivity index (χ3n) is 8.23. The molecule has 1 unspecified atom stereocenters. The molecule has 1 fully saturated rings. The summed E-state index contributed by atoms with van der Waals surface area (Å²) >= 11 is 0. The number of allylic oxidation sites excluding steroid dienone is 2. The first-order valence-corrected chi connectivity index (χ1v) is 13.9. The summed E-state index contributed by atoms with van der Waals surface area (Å²) in [5, 5.41) is 0. The number of halogens is 2. The van der Waals surface area contributed by atoms with Crippen molar-refractivity contribution in [1.29, 1.82) is 0 Å². The van der Waals surface area contributed by atoms with Crippen molar-refractivity contribution < 1.29 is 27.8 Å². The molecule has 0 bridgehead atoms. The Balaban J connectivity index is 1.47. The van der Waals surface area contributed by atoms with Crippen molar-refractivity contribution in [2.24, 2.45) is 11.3 Å². The van der Waals surface area contributed by atoms with E-state index >= 15 is 8.78 Å². The molecule has 40 heavy (non-hydrogen) atoms. The van der Waals surface area contributed by atoms with Crippen molar-refractivity contribution in [2.75, 3.05) is 14.2 Å². The number of hydrogen-bond acceptors (Lipinski definition) is 4. The fourth-order valence-electron chi connectivity index (χ4n) is 5.84. The average Bonchev–Trinajstić information content (AvgIpc) is 3.72. The lowest BCUT2D eigenvalue weighted by molar-refractivity contribution is -0.141. The monoisotopic (exact) mass is 546 g/mol. The molecule has 5 rings (SSSR count). The third-order valence-corrected chi connectivity index (χ3v) is 8.23. The highest BCUT2D eigenvalue weighted by atomic mass is 19.1. The minimum atomic E-state index is -0.507. The zero-order valence-corrected chi connectivity index (χ0v) is 23.6. The predicted octanol–water partition coefficient (Wildman–Crippen LogP) is 8.48. The molecule has 0 radical (unpaired) electrons. The first kappa shape index (κ1) is 27.9. The number of rotatable bonds is 10. The van der Waals surface area contributed by atoms with E-state index in [9.17, 15) is 4.79 Å². The van der Waals surface area contributed by atoms with Crippen molar-refractivity contribution in [2.45, 2.75) is 58.5 Å². The molecule has 3 aromatic rings. The number of esters is 1. The van der Waals surface area contributed by atoms with Gasteiger partial charge in [0.15, 0.2) is 0 Å². The van der Waals surface area contributed by atoms with Crippen LogP contribution < -0.4 is 9.47 Å². The number of carbonyl (C=O) groups excluding carboxylic acids is 1. The van der Waals surface area contributed by atoms with Gasteiger partial charge in [0, 0.05) is 11.1 Å². The number of ether oxygens (including phenoxy) is 3. The van der Waals surface area contributed by atoms with E-state index in [2.05, 4.69) is 19.9 Å². The second kappa shape index (κ2) is 11.4.